The van der Waals surface area contributed by atoms with E-state index in [1.54, 1.807) is 6.08 Å². The highest BCUT2D eigenvalue weighted by atomic mass is 16.6. The minimum atomic E-state index is -0.489. The highest BCUT2D eigenvalue weighted by Crippen LogP contribution is 2.20. The highest BCUT2D eigenvalue weighted by Gasteiger charge is 2.14. The summed E-state index contributed by atoms with van der Waals surface area (Å²) in [6.07, 6.45) is 5.33. The first-order chi connectivity index (χ1) is 10.9. The van der Waals surface area contributed by atoms with Crippen molar-refractivity contribution in [3.63, 3.8) is 0 Å². The molecule has 0 aromatic heterocycles. The van der Waals surface area contributed by atoms with Crippen molar-refractivity contribution in [3.8, 4) is 0 Å². The number of ether oxygens (including phenoxy) is 1. The van der Waals surface area contributed by atoms with Crippen LogP contribution in [-0.4, -0.2) is 11.6 Å². The lowest BCUT2D eigenvalue weighted by Crippen LogP contribution is -2.22. The molecule has 118 valence electrons. The van der Waals surface area contributed by atoms with E-state index in [2.05, 4.69) is 6.08 Å². The average molecular weight is 306 g/mol. The van der Waals surface area contributed by atoms with Crippen LogP contribution in [0.2, 0.25) is 0 Å². The Hall–Kier alpha value is -2.61. The zero-order chi connectivity index (χ0) is 16.7. The molecule has 0 bridgehead atoms. The van der Waals surface area contributed by atoms with E-state index in [1.165, 1.54) is 6.08 Å². The summed E-state index contributed by atoms with van der Waals surface area (Å²) in [5.41, 5.74) is 2.61. The molecule has 0 unspecified atom stereocenters. The summed E-state index contributed by atoms with van der Waals surface area (Å²) in [6, 6.07) is 20.0. The zero-order valence-corrected chi connectivity index (χ0v) is 13.8. The van der Waals surface area contributed by atoms with E-state index in [1.807, 2.05) is 81.4 Å². The van der Waals surface area contributed by atoms with Gasteiger partial charge in [0.25, 0.3) is 0 Å². The summed E-state index contributed by atoms with van der Waals surface area (Å²) in [5, 5.41) is 0. The summed E-state index contributed by atoms with van der Waals surface area (Å²) >= 11 is 0. The van der Waals surface area contributed by atoms with Crippen molar-refractivity contribution >= 4 is 17.6 Å². The second-order valence-electron chi connectivity index (χ2n) is 6.24. The first-order valence-corrected chi connectivity index (χ1v) is 7.67. The Balaban J connectivity index is 2.28. The van der Waals surface area contributed by atoms with Gasteiger partial charge in [0.1, 0.15) is 5.60 Å². The van der Waals surface area contributed by atoms with Crippen LogP contribution in [0.25, 0.3) is 11.6 Å². The van der Waals surface area contributed by atoms with E-state index in [0.29, 0.717) is 0 Å². The van der Waals surface area contributed by atoms with Gasteiger partial charge in [-0.25, -0.2) is 4.79 Å². The Morgan fingerprint density at radius 1 is 0.870 bits per heavy atom. The van der Waals surface area contributed by atoms with Gasteiger partial charge in [-0.3, -0.25) is 0 Å². The van der Waals surface area contributed by atoms with Crippen LogP contribution in [0.4, 0.5) is 0 Å². The molecular weight excluding hydrogens is 284 g/mol. The van der Waals surface area contributed by atoms with Gasteiger partial charge >= 0.3 is 5.97 Å². The maximum absolute atomic E-state index is 11.9. The molecule has 0 radical (unpaired) electrons. The van der Waals surface area contributed by atoms with Crippen LogP contribution in [0.5, 0.6) is 0 Å². The molecule has 2 rings (SSSR count). The van der Waals surface area contributed by atoms with Gasteiger partial charge in [0, 0.05) is 6.08 Å². The van der Waals surface area contributed by atoms with Gasteiger partial charge in [0.05, 0.1) is 0 Å². The molecule has 2 heteroatoms. The lowest BCUT2D eigenvalue weighted by Gasteiger charge is -2.18. The van der Waals surface area contributed by atoms with Crippen molar-refractivity contribution in [2.24, 2.45) is 0 Å². The van der Waals surface area contributed by atoms with E-state index in [4.69, 9.17) is 4.74 Å². The SMILES string of the molecule is CC(C)(C)OC(=O)/C=C/C(=C/c1ccccc1)c1ccccc1. The molecule has 0 amide bonds. The highest BCUT2D eigenvalue weighted by molar-refractivity contribution is 5.92. The maximum Gasteiger partial charge on any atom is 0.331 e. The molecule has 0 fully saturated rings. The Morgan fingerprint density at radius 3 is 2.00 bits per heavy atom. The smallest absolute Gasteiger partial charge is 0.331 e. The summed E-state index contributed by atoms with van der Waals surface area (Å²) < 4.78 is 5.32. The van der Waals surface area contributed by atoms with Crippen molar-refractivity contribution < 1.29 is 9.53 Å². The molecule has 0 heterocycles. The molecule has 0 saturated heterocycles. The summed E-state index contributed by atoms with van der Waals surface area (Å²) in [7, 11) is 0. The fourth-order valence-corrected chi connectivity index (χ4v) is 2.08. The van der Waals surface area contributed by atoms with Crippen molar-refractivity contribution in [2.75, 3.05) is 0 Å². The third kappa shape index (κ3) is 5.95. The first kappa shape index (κ1) is 16.8. The number of carbonyl (C=O) groups is 1. The Bertz CT molecular complexity index is 690. The molecule has 0 aliphatic carbocycles. The molecule has 2 aromatic carbocycles. The van der Waals surface area contributed by atoms with Gasteiger partial charge in [0.15, 0.2) is 0 Å². The van der Waals surface area contributed by atoms with E-state index in [9.17, 15) is 4.79 Å². The van der Waals surface area contributed by atoms with Crippen LogP contribution in [0.15, 0.2) is 72.8 Å². The van der Waals surface area contributed by atoms with Crippen molar-refractivity contribution in [1.82, 2.24) is 0 Å². The van der Waals surface area contributed by atoms with Gasteiger partial charge in [-0.1, -0.05) is 60.7 Å². The lowest BCUT2D eigenvalue weighted by molar-refractivity contribution is -0.148. The van der Waals surface area contributed by atoms with Crippen molar-refractivity contribution in [2.45, 2.75) is 26.4 Å². The van der Waals surface area contributed by atoms with Crippen molar-refractivity contribution in [1.29, 1.82) is 0 Å². The Kier molecular flexibility index (Phi) is 5.53. The maximum atomic E-state index is 11.9. The number of benzene rings is 2. The van der Waals surface area contributed by atoms with Crippen LogP contribution in [0.3, 0.4) is 0 Å². The normalized spacial score (nSPS) is 12.4. The average Bonchev–Trinajstić information content (AvgIpc) is 2.51. The third-order valence-corrected chi connectivity index (χ3v) is 3.03. The lowest BCUT2D eigenvalue weighted by atomic mass is 10.0. The van der Waals surface area contributed by atoms with Gasteiger partial charge in [-0.15, -0.1) is 0 Å². The van der Waals surface area contributed by atoms with Crippen LogP contribution in [-0.2, 0) is 9.53 Å². The van der Waals surface area contributed by atoms with E-state index in [0.717, 1.165) is 16.7 Å². The van der Waals surface area contributed by atoms with Crippen LogP contribution < -0.4 is 0 Å². The Morgan fingerprint density at radius 2 is 1.43 bits per heavy atom. The predicted molar refractivity (Wildman–Crippen MR) is 95.7 cm³/mol. The van der Waals surface area contributed by atoms with E-state index < -0.39 is 5.60 Å². The van der Waals surface area contributed by atoms with Crippen LogP contribution in [0.1, 0.15) is 31.9 Å². The molecule has 0 saturated carbocycles. The summed E-state index contributed by atoms with van der Waals surface area (Å²) in [4.78, 5) is 11.9. The quantitative estimate of drug-likeness (QED) is 0.339. The molecule has 0 aliphatic heterocycles. The monoisotopic (exact) mass is 306 g/mol. The number of hydrogen-bond acceptors (Lipinski definition) is 2. The molecule has 2 nitrogen and oxygen atoms in total. The summed E-state index contributed by atoms with van der Waals surface area (Å²) in [6.45, 7) is 5.57. The number of carbonyl (C=O) groups excluding carboxylic acids is 1. The molecule has 2 aromatic rings. The molecule has 0 atom stereocenters. The largest absolute Gasteiger partial charge is 0.457 e. The fourth-order valence-electron chi connectivity index (χ4n) is 2.08. The van der Waals surface area contributed by atoms with Crippen LogP contribution in [0, 0.1) is 0 Å². The molecule has 23 heavy (non-hydrogen) atoms. The number of esters is 1. The van der Waals surface area contributed by atoms with Gasteiger partial charge < -0.3 is 4.74 Å². The first-order valence-electron chi connectivity index (χ1n) is 7.67. The number of hydrogen-bond donors (Lipinski definition) is 0. The van der Waals surface area contributed by atoms with Crippen LogP contribution >= 0.6 is 0 Å². The standard InChI is InChI=1S/C21H22O2/c1-21(2,3)23-20(22)15-14-19(18-12-8-5-9-13-18)16-17-10-6-4-7-11-17/h4-16H,1-3H3/b15-14+,19-16-. The second-order valence-corrected chi connectivity index (χ2v) is 6.24. The van der Waals surface area contributed by atoms with E-state index in [-0.39, 0.29) is 5.97 Å². The Labute approximate surface area is 138 Å². The predicted octanol–water partition coefficient (Wildman–Crippen LogP) is 5.13. The molecule has 0 N–H and O–H groups in total. The third-order valence-electron chi connectivity index (χ3n) is 3.03. The topological polar surface area (TPSA) is 26.3 Å². The zero-order valence-electron chi connectivity index (χ0n) is 13.8. The van der Waals surface area contributed by atoms with Gasteiger partial charge in [-0.2, -0.15) is 0 Å². The molecule has 0 spiro atoms. The van der Waals surface area contributed by atoms with Crippen molar-refractivity contribution in [3.05, 3.63) is 83.9 Å². The molecular formula is C21H22O2. The second kappa shape index (κ2) is 7.59. The van der Waals surface area contributed by atoms with Gasteiger partial charge in [-0.05, 0) is 49.6 Å². The number of rotatable bonds is 4. The van der Waals surface area contributed by atoms with E-state index >= 15 is 0 Å². The summed E-state index contributed by atoms with van der Waals surface area (Å²) in [5.74, 6) is -0.340. The van der Waals surface area contributed by atoms with Gasteiger partial charge in [0.2, 0.25) is 0 Å². The molecule has 0 aliphatic rings. The number of allylic oxidation sites excluding steroid dienone is 2. The minimum absolute atomic E-state index is 0.340. The minimum Gasteiger partial charge on any atom is -0.457 e. The fraction of sp³-hybridized carbons (Fsp3) is 0.190.